The van der Waals surface area contributed by atoms with Gasteiger partial charge in [-0.05, 0) is 101 Å². The largest absolute Gasteiger partial charge is 0.456 e. The van der Waals surface area contributed by atoms with Gasteiger partial charge in [0.2, 0.25) is 12.5 Å². The summed E-state index contributed by atoms with van der Waals surface area (Å²) < 4.78 is 11.5. The van der Waals surface area contributed by atoms with Crippen LogP contribution in [0.15, 0.2) is 95.4 Å². The summed E-state index contributed by atoms with van der Waals surface area (Å²) in [5, 5.41) is 4.87. The third kappa shape index (κ3) is 3.35. The minimum Gasteiger partial charge on any atom is -0.456 e. The van der Waals surface area contributed by atoms with Crippen molar-refractivity contribution in [2.45, 2.75) is 73.1 Å². The zero-order chi connectivity index (χ0) is 35.8. The average molecular weight is 676 g/mol. The summed E-state index contributed by atoms with van der Waals surface area (Å²) in [6.07, 6.45) is 0. The van der Waals surface area contributed by atoms with Crippen molar-refractivity contribution in [1.82, 2.24) is 14.0 Å². The van der Waals surface area contributed by atoms with Gasteiger partial charge in [0.25, 0.3) is 0 Å². The van der Waals surface area contributed by atoms with E-state index in [4.69, 9.17) is 9.40 Å². The number of para-hydroxylation sites is 1. The molecular formula is C47H42BN3O. The van der Waals surface area contributed by atoms with Gasteiger partial charge in [-0.1, -0.05) is 118 Å². The number of hydrogen-bond donors (Lipinski definition) is 0. The number of benzene rings is 6. The number of aromatic nitrogens is 3. The lowest BCUT2D eigenvalue weighted by Crippen LogP contribution is -2.58. The summed E-state index contributed by atoms with van der Waals surface area (Å²) in [6.45, 7) is 21.4. The van der Waals surface area contributed by atoms with Gasteiger partial charge in [-0.2, -0.15) is 0 Å². The van der Waals surface area contributed by atoms with Crippen LogP contribution in [0, 0.1) is 26.2 Å². The number of imidazole rings is 1. The van der Waals surface area contributed by atoms with Gasteiger partial charge < -0.3 is 4.42 Å². The quantitative estimate of drug-likeness (QED) is 0.163. The molecule has 9 aromatic rings. The van der Waals surface area contributed by atoms with Gasteiger partial charge in [0.05, 0.1) is 22.1 Å². The van der Waals surface area contributed by atoms with Crippen molar-refractivity contribution >= 4 is 83.7 Å². The summed E-state index contributed by atoms with van der Waals surface area (Å²) in [4.78, 5) is 5.64. The summed E-state index contributed by atoms with van der Waals surface area (Å²) >= 11 is 0. The summed E-state index contributed by atoms with van der Waals surface area (Å²) in [7, 11) is 0. The van der Waals surface area contributed by atoms with E-state index in [2.05, 4.69) is 162 Å². The Morgan fingerprint density at radius 3 is 2.15 bits per heavy atom. The predicted octanol–water partition coefficient (Wildman–Crippen LogP) is 9.83. The van der Waals surface area contributed by atoms with E-state index in [1.807, 2.05) is 0 Å². The second kappa shape index (κ2) is 9.38. The van der Waals surface area contributed by atoms with Crippen molar-refractivity contribution in [3.8, 4) is 5.69 Å². The zero-order valence-corrected chi connectivity index (χ0v) is 31.5. The monoisotopic (exact) mass is 675 g/mol. The topological polar surface area (TPSA) is 35.4 Å². The SMILES string of the molecule is Cc1cc(C)c(B2c3c(ccc4oc5ccccc5c34)-n3c4c2ccc2cccc(c24)n2c4cc5c(cc4nc32)C(C)(C)C(C)(C)C5(C)C)c(C)c1. The molecule has 4 heterocycles. The summed E-state index contributed by atoms with van der Waals surface area (Å²) in [5.41, 5.74) is 18.5. The van der Waals surface area contributed by atoms with E-state index in [0.717, 1.165) is 27.8 Å². The predicted molar refractivity (Wildman–Crippen MR) is 219 cm³/mol. The van der Waals surface area contributed by atoms with E-state index in [-0.39, 0.29) is 23.0 Å². The van der Waals surface area contributed by atoms with Crippen LogP contribution in [0.1, 0.15) is 69.4 Å². The highest BCUT2D eigenvalue weighted by Gasteiger charge is 2.57. The van der Waals surface area contributed by atoms with Crippen LogP contribution in [0.25, 0.3) is 66.2 Å². The molecule has 52 heavy (non-hydrogen) atoms. The lowest BCUT2D eigenvalue weighted by atomic mass is 9.33. The van der Waals surface area contributed by atoms with E-state index < -0.39 is 0 Å². The minimum atomic E-state index is -0.0147. The molecule has 0 unspecified atom stereocenters. The van der Waals surface area contributed by atoms with E-state index in [1.54, 1.807) is 0 Å². The molecule has 3 aromatic heterocycles. The molecule has 1 aliphatic carbocycles. The Kier molecular flexibility index (Phi) is 5.47. The molecule has 254 valence electrons. The molecule has 0 saturated heterocycles. The first-order valence-corrected chi connectivity index (χ1v) is 18.8. The molecule has 1 aliphatic heterocycles. The Morgan fingerprint density at radius 2 is 1.38 bits per heavy atom. The van der Waals surface area contributed by atoms with Gasteiger partial charge in [0.15, 0.2) is 0 Å². The highest BCUT2D eigenvalue weighted by atomic mass is 16.3. The van der Waals surface area contributed by atoms with E-state index in [0.29, 0.717) is 0 Å². The standard InChI is InChI=1S/C47H42BN3O/c1-25-21-26(2)41(27(3)22-25)48-32-18-17-28-13-12-15-34-39(28)43(32)51(35-19-20-38-40(42(35)48)29-14-10-11-16-37(29)52-38)44-49-33-23-30-31(24-36(33)50(34)44)46(6,7)47(8,9)45(30,4)5/h10-24H,1-9H3. The number of rotatable bonds is 1. The fourth-order valence-corrected chi connectivity index (χ4v) is 10.8. The molecule has 0 radical (unpaired) electrons. The number of furan rings is 1. The highest BCUT2D eigenvalue weighted by molar-refractivity contribution is 7.00. The maximum atomic E-state index is 6.60. The maximum Gasteiger partial charge on any atom is 0.248 e. The van der Waals surface area contributed by atoms with Crippen LogP contribution in [-0.4, -0.2) is 20.7 Å². The molecular weight excluding hydrogens is 633 g/mol. The van der Waals surface area contributed by atoms with Crippen molar-refractivity contribution in [3.05, 3.63) is 119 Å². The van der Waals surface area contributed by atoms with Gasteiger partial charge in [-0.25, -0.2) is 4.98 Å². The van der Waals surface area contributed by atoms with Crippen molar-refractivity contribution < 1.29 is 4.42 Å². The molecule has 4 nitrogen and oxygen atoms in total. The zero-order valence-electron chi connectivity index (χ0n) is 31.5. The maximum absolute atomic E-state index is 6.60. The Labute approximate surface area is 304 Å². The third-order valence-corrected chi connectivity index (χ3v) is 14.4. The van der Waals surface area contributed by atoms with Crippen molar-refractivity contribution in [3.63, 3.8) is 0 Å². The van der Waals surface area contributed by atoms with E-state index >= 15 is 0 Å². The number of aryl methyl sites for hydroxylation is 3. The van der Waals surface area contributed by atoms with Crippen molar-refractivity contribution in [2.75, 3.05) is 0 Å². The van der Waals surface area contributed by atoms with Crippen LogP contribution >= 0.6 is 0 Å². The normalized spacial score (nSPS) is 17.0. The lowest BCUT2D eigenvalue weighted by molar-refractivity contribution is 0.125. The van der Waals surface area contributed by atoms with Crippen molar-refractivity contribution in [2.24, 2.45) is 5.41 Å². The summed E-state index contributed by atoms with van der Waals surface area (Å²) in [6, 6.07) is 34.1. The summed E-state index contributed by atoms with van der Waals surface area (Å²) in [5.74, 6) is 0.949. The minimum absolute atomic E-state index is 0.00701. The second-order valence-electron chi connectivity index (χ2n) is 17.4. The second-order valence-corrected chi connectivity index (χ2v) is 17.4. The van der Waals surface area contributed by atoms with Gasteiger partial charge in [-0.15, -0.1) is 0 Å². The van der Waals surface area contributed by atoms with Crippen molar-refractivity contribution in [1.29, 1.82) is 0 Å². The molecule has 0 atom stereocenters. The smallest absolute Gasteiger partial charge is 0.248 e. The molecule has 5 heteroatoms. The molecule has 6 aromatic carbocycles. The van der Waals surface area contributed by atoms with Crippen LogP contribution in [0.4, 0.5) is 0 Å². The first-order chi connectivity index (χ1) is 24.8. The van der Waals surface area contributed by atoms with Gasteiger partial charge >= 0.3 is 0 Å². The molecule has 0 fully saturated rings. The number of nitrogens with zero attached hydrogens (tertiary/aromatic N) is 3. The Balaban J connectivity index is 1.38. The highest BCUT2D eigenvalue weighted by Crippen LogP contribution is 2.62. The van der Waals surface area contributed by atoms with E-state index in [1.165, 1.54) is 82.6 Å². The number of hydrogen-bond acceptors (Lipinski definition) is 2. The Morgan fingerprint density at radius 1 is 0.654 bits per heavy atom. The molecule has 0 amide bonds. The lowest BCUT2D eigenvalue weighted by Gasteiger charge is -2.44. The molecule has 0 spiro atoms. The molecule has 11 rings (SSSR count). The van der Waals surface area contributed by atoms with Crippen LogP contribution in [-0.2, 0) is 10.8 Å². The fourth-order valence-electron chi connectivity index (χ4n) is 10.8. The van der Waals surface area contributed by atoms with Gasteiger partial charge in [-0.3, -0.25) is 8.97 Å². The number of fused-ring (bicyclic) bond motifs is 12. The molecule has 0 saturated carbocycles. The Bertz CT molecular complexity index is 3070. The van der Waals surface area contributed by atoms with E-state index in [9.17, 15) is 0 Å². The molecule has 2 aliphatic rings. The van der Waals surface area contributed by atoms with Crippen LogP contribution in [0.2, 0.25) is 0 Å². The Hall–Kier alpha value is -5.29. The molecule has 0 N–H and O–H groups in total. The molecule has 0 bridgehead atoms. The first-order valence-electron chi connectivity index (χ1n) is 18.8. The third-order valence-electron chi connectivity index (χ3n) is 14.4. The van der Waals surface area contributed by atoms with Crippen LogP contribution < -0.4 is 16.4 Å². The van der Waals surface area contributed by atoms with Gasteiger partial charge in [0, 0.05) is 21.8 Å². The van der Waals surface area contributed by atoms with Gasteiger partial charge in [0.1, 0.15) is 11.2 Å². The van der Waals surface area contributed by atoms with Crippen LogP contribution in [0.3, 0.4) is 0 Å². The first kappa shape index (κ1) is 30.4. The fraction of sp³-hybridized carbons (Fsp3) is 0.255. The van der Waals surface area contributed by atoms with Crippen LogP contribution in [0.5, 0.6) is 0 Å². The average Bonchev–Trinajstić information content (AvgIpc) is 3.70.